The van der Waals surface area contributed by atoms with E-state index < -0.39 is 23.0 Å². The lowest BCUT2D eigenvalue weighted by Gasteiger charge is -2.40. The molecule has 1 N–H and O–H groups in total. The van der Waals surface area contributed by atoms with Gasteiger partial charge in [0.15, 0.2) is 0 Å². The molecule has 2 amide bonds. The summed E-state index contributed by atoms with van der Waals surface area (Å²) in [6.07, 6.45) is 2.91. The van der Waals surface area contributed by atoms with Crippen LogP contribution in [0.1, 0.15) is 73.4 Å². The molecule has 2 rings (SSSR count). The monoisotopic (exact) mass is 529 g/mol. The van der Waals surface area contributed by atoms with E-state index in [1.54, 1.807) is 31.9 Å². The zero-order valence-corrected chi connectivity index (χ0v) is 25.8. The van der Waals surface area contributed by atoms with E-state index in [1.807, 2.05) is 58.8 Å². The average molecular weight is 530 g/mol. The van der Waals surface area contributed by atoms with Crippen LogP contribution in [0.15, 0.2) is 35.9 Å². The SMILES string of the molecule is CC(C)C.CCOC(=O)/C(C)=C/C(C)N(C)C(=O)C(NC(=O)C1(N(C)C)Cc2ccccc2C1)C(C)(C)C. The van der Waals surface area contributed by atoms with Gasteiger partial charge in [-0.25, -0.2) is 4.79 Å². The zero-order valence-electron chi connectivity index (χ0n) is 25.8. The number of carbonyl (C=O) groups excluding carboxylic acids is 3. The van der Waals surface area contributed by atoms with E-state index in [0.29, 0.717) is 25.0 Å². The predicted molar refractivity (Wildman–Crippen MR) is 155 cm³/mol. The second-order valence-electron chi connectivity index (χ2n) is 12.3. The van der Waals surface area contributed by atoms with E-state index in [-0.39, 0.29) is 17.9 Å². The summed E-state index contributed by atoms with van der Waals surface area (Å²) in [5.41, 5.74) is 1.50. The molecule has 7 heteroatoms. The van der Waals surface area contributed by atoms with Gasteiger partial charge in [-0.05, 0) is 57.3 Å². The summed E-state index contributed by atoms with van der Waals surface area (Å²) in [7, 11) is 5.52. The molecule has 214 valence electrons. The Balaban J connectivity index is 0.00000168. The molecule has 0 aliphatic heterocycles. The molecule has 0 saturated heterocycles. The largest absolute Gasteiger partial charge is 0.463 e. The first-order valence-corrected chi connectivity index (χ1v) is 13.6. The van der Waals surface area contributed by atoms with E-state index in [0.717, 1.165) is 17.0 Å². The summed E-state index contributed by atoms with van der Waals surface area (Å²) in [5.74, 6) is 0.0801. The minimum Gasteiger partial charge on any atom is -0.463 e. The van der Waals surface area contributed by atoms with Crippen LogP contribution in [0.5, 0.6) is 0 Å². The summed E-state index contributed by atoms with van der Waals surface area (Å²) in [4.78, 5) is 42.9. The maximum absolute atomic E-state index is 13.8. The quantitative estimate of drug-likeness (QED) is 0.392. The number of fused-ring (bicyclic) bond motifs is 1. The highest BCUT2D eigenvalue weighted by Crippen LogP contribution is 2.34. The Morgan fingerprint density at radius 2 is 1.50 bits per heavy atom. The molecule has 2 unspecified atom stereocenters. The number of hydrogen-bond acceptors (Lipinski definition) is 5. The fraction of sp³-hybridized carbons (Fsp3) is 0.645. The van der Waals surface area contributed by atoms with Gasteiger partial charge >= 0.3 is 5.97 Å². The van der Waals surface area contributed by atoms with E-state index in [9.17, 15) is 14.4 Å². The smallest absolute Gasteiger partial charge is 0.333 e. The summed E-state index contributed by atoms with van der Waals surface area (Å²) in [6, 6.07) is 7.03. The first-order chi connectivity index (χ1) is 17.5. The Kier molecular flexibility index (Phi) is 12.2. The molecule has 1 aromatic carbocycles. The maximum Gasteiger partial charge on any atom is 0.333 e. The lowest BCUT2D eigenvalue weighted by Crippen LogP contribution is -2.63. The van der Waals surface area contributed by atoms with Gasteiger partial charge in [-0.3, -0.25) is 14.5 Å². The summed E-state index contributed by atoms with van der Waals surface area (Å²) in [5, 5.41) is 3.10. The third kappa shape index (κ3) is 8.69. The summed E-state index contributed by atoms with van der Waals surface area (Å²) < 4.78 is 5.04. The molecule has 0 saturated carbocycles. The second-order valence-corrected chi connectivity index (χ2v) is 12.3. The topological polar surface area (TPSA) is 79.0 Å². The first-order valence-electron chi connectivity index (χ1n) is 13.6. The Labute approximate surface area is 231 Å². The number of hydrogen-bond donors (Lipinski definition) is 1. The van der Waals surface area contributed by atoms with Crippen molar-refractivity contribution in [1.82, 2.24) is 15.1 Å². The van der Waals surface area contributed by atoms with E-state index in [4.69, 9.17) is 4.74 Å². The van der Waals surface area contributed by atoms with E-state index in [1.165, 1.54) is 0 Å². The molecule has 0 heterocycles. The number of ether oxygens (including phenoxy) is 1. The fourth-order valence-electron chi connectivity index (χ4n) is 4.38. The number of esters is 1. The van der Waals surface area contributed by atoms with Gasteiger partial charge in [0.05, 0.1) is 6.61 Å². The molecule has 0 radical (unpaired) electrons. The normalized spacial score (nSPS) is 16.2. The van der Waals surface area contributed by atoms with Gasteiger partial charge in [0.2, 0.25) is 11.8 Å². The minimum absolute atomic E-state index is 0.152. The van der Waals surface area contributed by atoms with E-state index in [2.05, 4.69) is 38.2 Å². The standard InChI is InChI=1S/C27H41N3O4.C4H10/c1-10-34-24(32)18(2)15-19(3)30(9)23(31)22(26(4,5)6)28-25(33)27(29(7)8)16-20-13-11-12-14-21(20)17-27;1-4(2)3/h11-15,19,22H,10,16-17H2,1-9H3,(H,28,33);4H,1-3H3/b18-15+;. The third-order valence-corrected chi connectivity index (χ3v) is 6.80. The molecule has 1 aromatic rings. The Morgan fingerprint density at radius 3 is 1.89 bits per heavy atom. The Hall–Kier alpha value is -2.67. The number of benzene rings is 1. The van der Waals surface area contributed by atoms with Crippen molar-refractivity contribution in [3.05, 3.63) is 47.0 Å². The highest BCUT2D eigenvalue weighted by molar-refractivity contribution is 5.94. The molecule has 2 atom stereocenters. The molecular formula is C31H51N3O4. The van der Waals surface area contributed by atoms with Crippen molar-refractivity contribution in [2.24, 2.45) is 11.3 Å². The summed E-state index contributed by atoms with van der Waals surface area (Å²) in [6.45, 7) is 17.9. The van der Waals surface area contributed by atoms with Crippen LogP contribution in [0.4, 0.5) is 0 Å². The molecule has 0 bridgehead atoms. The number of carbonyl (C=O) groups is 3. The number of rotatable bonds is 8. The molecular weight excluding hydrogens is 478 g/mol. The highest BCUT2D eigenvalue weighted by Gasteiger charge is 2.48. The number of nitrogens with zero attached hydrogens (tertiary/aromatic N) is 2. The third-order valence-electron chi connectivity index (χ3n) is 6.80. The van der Waals surface area contributed by atoms with Gasteiger partial charge in [0, 0.05) is 31.5 Å². The van der Waals surface area contributed by atoms with Crippen LogP contribution in [0.2, 0.25) is 0 Å². The van der Waals surface area contributed by atoms with Crippen molar-refractivity contribution < 1.29 is 19.1 Å². The van der Waals surface area contributed by atoms with Crippen molar-refractivity contribution in [1.29, 1.82) is 0 Å². The minimum atomic E-state index is -0.752. The van der Waals surface area contributed by atoms with Crippen LogP contribution in [-0.4, -0.2) is 73.0 Å². The lowest BCUT2D eigenvalue weighted by molar-refractivity contribution is -0.142. The van der Waals surface area contributed by atoms with E-state index >= 15 is 0 Å². The van der Waals surface area contributed by atoms with Crippen molar-refractivity contribution in [2.75, 3.05) is 27.7 Å². The Morgan fingerprint density at radius 1 is 1.03 bits per heavy atom. The van der Waals surface area contributed by atoms with Gasteiger partial charge < -0.3 is 15.0 Å². The molecule has 0 fully saturated rings. The predicted octanol–water partition coefficient (Wildman–Crippen LogP) is 4.64. The Bertz CT molecular complexity index is 963. The molecule has 38 heavy (non-hydrogen) atoms. The molecule has 1 aliphatic carbocycles. The first kappa shape index (κ1) is 33.4. The van der Waals surface area contributed by atoms with Crippen LogP contribution in [0.3, 0.4) is 0 Å². The van der Waals surface area contributed by atoms with Gasteiger partial charge in [0.1, 0.15) is 11.6 Å². The van der Waals surface area contributed by atoms with Crippen molar-refractivity contribution in [3.63, 3.8) is 0 Å². The number of likely N-dealkylation sites (N-methyl/N-ethyl adjacent to an activating group) is 2. The van der Waals surface area contributed by atoms with Gasteiger partial charge in [-0.2, -0.15) is 0 Å². The van der Waals surface area contributed by atoms with Crippen LogP contribution < -0.4 is 5.32 Å². The van der Waals surface area contributed by atoms with Crippen molar-refractivity contribution in [2.45, 2.75) is 92.8 Å². The van der Waals surface area contributed by atoms with Crippen molar-refractivity contribution >= 4 is 17.8 Å². The van der Waals surface area contributed by atoms with Gasteiger partial charge in [-0.15, -0.1) is 0 Å². The molecule has 1 aliphatic rings. The lowest BCUT2D eigenvalue weighted by atomic mass is 9.84. The second kappa shape index (κ2) is 13.9. The van der Waals surface area contributed by atoms with Crippen molar-refractivity contribution in [3.8, 4) is 0 Å². The van der Waals surface area contributed by atoms with Crippen LogP contribution in [-0.2, 0) is 32.0 Å². The highest BCUT2D eigenvalue weighted by atomic mass is 16.5. The van der Waals surface area contributed by atoms with Crippen LogP contribution >= 0.6 is 0 Å². The van der Waals surface area contributed by atoms with Gasteiger partial charge in [-0.1, -0.05) is 71.9 Å². The molecule has 7 nitrogen and oxygen atoms in total. The molecule has 0 aromatic heterocycles. The van der Waals surface area contributed by atoms with Crippen LogP contribution in [0.25, 0.3) is 0 Å². The average Bonchev–Trinajstić information content (AvgIpc) is 3.21. The fourth-order valence-corrected chi connectivity index (χ4v) is 4.38. The zero-order chi connectivity index (χ0) is 29.4. The maximum atomic E-state index is 13.8. The van der Waals surface area contributed by atoms with Crippen LogP contribution in [0, 0.1) is 11.3 Å². The number of amides is 2. The molecule has 0 spiro atoms. The number of nitrogens with one attached hydrogen (secondary N) is 1. The summed E-state index contributed by atoms with van der Waals surface area (Å²) >= 11 is 0. The van der Waals surface area contributed by atoms with Gasteiger partial charge in [0.25, 0.3) is 0 Å².